The average molecular weight is 471 g/mol. The molecule has 0 spiro atoms. The Morgan fingerprint density at radius 2 is 1.00 bits per heavy atom. The van der Waals surface area contributed by atoms with Crippen molar-refractivity contribution in [2.75, 3.05) is 0 Å². The highest BCUT2D eigenvalue weighted by atomic mass is 16.5. The number of hydrogen-bond donors (Lipinski definition) is 0. The molecular formula is C36H22O. The Labute approximate surface area is 215 Å². The zero-order chi connectivity index (χ0) is 24.3. The smallest absolute Gasteiger partial charge is 0.135 e. The van der Waals surface area contributed by atoms with Gasteiger partial charge in [0.15, 0.2) is 0 Å². The highest BCUT2D eigenvalue weighted by Crippen LogP contribution is 2.47. The van der Waals surface area contributed by atoms with Crippen LogP contribution in [0.3, 0.4) is 0 Å². The monoisotopic (exact) mass is 470 g/mol. The normalized spacial score (nSPS) is 12.0. The van der Waals surface area contributed by atoms with E-state index < -0.39 is 0 Å². The molecule has 1 aliphatic rings. The van der Waals surface area contributed by atoms with E-state index in [9.17, 15) is 0 Å². The van der Waals surface area contributed by atoms with E-state index >= 15 is 0 Å². The second-order valence-corrected chi connectivity index (χ2v) is 9.78. The molecule has 0 amide bonds. The first kappa shape index (κ1) is 20.3. The van der Waals surface area contributed by atoms with Crippen LogP contribution in [0.2, 0.25) is 0 Å². The van der Waals surface area contributed by atoms with Crippen molar-refractivity contribution in [1.82, 2.24) is 0 Å². The molecule has 1 heteroatoms. The van der Waals surface area contributed by atoms with Crippen molar-refractivity contribution in [1.29, 1.82) is 0 Å². The van der Waals surface area contributed by atoms with Crippen molar-refractivity contribution in [3.63, 3.8) is 0 Å². The molecule has 1 aliphatic heterocycles. The summed E-state index contributed by atoms with van der Waals surface area (Å²) >= 11 is 0. The van der Waals surface area contributed by atoms with E-state index in [1.54, 1.807) is 0 Å². The minimum absolute atomic E-state index is 0.916. The van der Waals surface area contributed by atoms with Crippen LogP contribution in [0.4, 0.5) is 0 Å². The predicted octanol–water partition coefficient (Wildman–Crippen LogP) is 10.3. The number of hydrogen-bond acceptors (Lipinski definition) is 1. The minimum Gasteiger partial charge on any atom is -0.456 e. The van der Waals surface area contributed by atoms with Crippen LogP contribution >= 0.6 is 0 Å². The van der Waals surface area contributed by atoms with E-state index in [1.165, 1.54) is 60.1 Å². The van der Waals surface area contributed by atoms with Gasteiger partial charge >= 0.3 is 0 Å². The summed E-state index contributed by atoms with van der Waals surface area (Å²) in [5.74, 6) is 1.84. The van der Waals surface area contributed by atoms with Gasteiger partial charge in [-0.25, -0.2) is 0 Å². The maximum absolute atomic E-state index is 6.21. The van der Waals surface area contributed by atoms with Gasteiger partial charge < -0.3 is 4.74 Å². The number of rotatable bonds is 2. The summed E-state index contributed by atoms with van der Waals surface area (Å²) in [6.07, 6.45) is 0. The third kappa shape index (κ3) is 3.18. The average Bonchev–Trinajstić information content (AvgIpc) is 2.97. The molecule has 0 atom stereocenters. The van der Waals surface area contributed by atoms with Crippen molar-refractivity contribution in [3.8, 4) is 44.9 Å². The zero-order valence-corrected chi connectivity index (χ0v) is 20.1. The molecule has 0 N–H and O–H groups in total. The molecule has 0 fully saturated rings. The van der Waals surface area contributed by atoms with Crippen LogP contribution in [0.5, 0.6) is 11.5 Å². The van der Waals surface area contributed by atoms with Gasteiger partial charge in [-0.1, -0.05) is 103 Å². The molecular weight excluding hydrogens is 448 g/mol. The van der Waals surface area contributed by atoms with Crippen LogP contribution in [0, 0.1) is 0 Å². The van der Waals surface area contributed by atoms with Crippen molar-refractivity contribution < 1.29 is 4.74 Å². The second kappa shape index (κ2) is 7.81. The van der Waals surface area contributed by atoms with Gasteiger partial charge in [-0.15, -0.1) is 0 Å². The van der Waals surface area contributed by atoms with Crippen molar-refractivity contribution in [3.05, 3.63) is 133 Å². The van der Waals surface area contributed by atoms with E-state index in [0.717, 1.165) is 17.1 Å². The highest BCUT2D eigenvalue weighted by Gasteiger charge is 2.20. The topological polar surface area (TPSA) is 9.23 Å². The summed E-state index contributed by atoms with van der Waals surface area (Å²) in [4.78, 5) is 0. The van der Waals surface area contributed by atoms with E-state index in [1.807, 2.05) is 12.1 Å². The van der Waals surface area contributed by atoms with Crippen LogP contribution in [0.1, 0.15) is 0 Å². The maximum Gasteiger partial charge on any atom is 0.135 e. The van der Waals surface area contributed by atoms with E-state index in [0.29, 0.717) is 0 Å². The molecule has 0 saturated carbocycles. The molecule has 1 nitrogen and oxygen atoms in total. The quantitative estimate of drug-likeness (QED) is 0.228. The summed E-state index contributed by atoms with van der Waals surface area (Å²) in [7, 11) is 0. The van der Waals surface area contributed by atoms with Crippen LogP contribution in [-0.4, -0.2) is 0 Å². The SMILES string of the molecule is c1ccc2c(c1)Oc1cccc3cc(-c4ccc(-c5ccc6c(ccc7ccccc76)c5)cc4)cc-2c13. The standard InChI is InChI=1S/C36H22O/c1-2-8-30-25(6-1)16-17-27-20-26(18-19-31(27)30)23-12-14-24(15-13-23)29-21-28-7-5-11-35-36(28)33(22-29)32-9-3-4-10-34(32)37-35/h1-22H. The fourth-order valence-electron chi connectivity index (χ4n) is 5.80. The van der Waals surface area contributed by atoms with Gasteiger partial charge in [-0.2, -0.15) is 0 Å². The number of para-hydroxylation sites is 1. The molecule has 7 aromatic rings. The molecule has 0 unspecified atom stereocenters. The number of benzene rings is 7. The lowest BCUT2D eigenvalue weighted by Crippen LogP contribution is -1.97. The Morgan fingerprint density at radius 3 is 1.92 bits per heavy atom. The summed E-state index contributed by atoms with van der Waals surface area (Å²) in [6, 6.07) is 48.0. The lowest BCUT2D eigenvalue weighted by molar-refractivity contribution is 0.487. The van der Waals surface area contributed by atoms with Crippen molar-refractivity contribution >= 4 is 32.3 Å². The van der Waals surface area contributed by atoms with Gasteiger partial charge in [-0.3, -0.25) is 0 Å². The molecule has 0 saturated heterocycles. The Bertz CT molecular complexity index is 2000. The molecule has 1 heterocycles. The van der Waals surface area contributed by atoms with E-state index in [-0.39, 0.29) is 0 Å². The summed E-state index contributed by atoms with van der Waals surface area (Å²) in [5, 5.41) is 7.54. The van der Waals surface area contributed by atoms with Gasteiger partial charge in [0.25, 0.3) is 0 Å². The summed E-state index contributed by atoms with van der Waals surface area (Å²) in [5.41, 5.74) is 7.26. The minimum atomic E-state index is 0.916. The Kier molecular flexibility index (Phi) is 4.29. The largest absolute Gasteiger partial charge is 0.456 e. The molecule has 0 aromatic heterocycles. The first-order chi connectivity index (χ1) is 18.3. The number of ether oxygens (including phenoxy) is 1. The lowest BCUT2D eigenvalue weighted by Gasteiger charge is -2.22. The fraction of sp³-hybridized carbons (Fsp3) is 0. The number of fused-ring (bicyclic) bond motifs is 5. The van der Waals surface area contributed by atoms with E-state index in [2.05, 4.69) is 121 Å². The Hall–Kier alpha value is -4.88. The Morgan fingerprint density at radius 1 is 0.351 bits per heavy atom. The highest BCUT2D eigenvalue weighted by molar-refractivity contribution is 6.09. The van der Waals surface area contributed by atoms with Crippen LogP contribution in [0.15, 0.2) is 133 Å². The van der Waals surface area contributed by atoms with Crippen molar-refractivity contribution in [2.45, 2.75) is 0 Å². The molecule has 0 bridgehead atoms. The molecule has 172 valence electrons. The fourth-order valence-corrected chi connectivity index (χ4v) is 5.80. The summed E-state index contributed by atoms with van der Waals surface area (Å²) in [6.45, 7) is 0. The van der Waals surface area contributed by atoms with Gasteiger partial charge in [-0.05, 0) is 85.1 Å². The molecule has 8 rings (SSSR count). The van der Waals surface area contributed by atoms with Gasteiger partial charge in [0.05, 0.1) is 0 Å². The second-order valence-electron chi connectivity index (χ2n) is 9.78. The van der Waals surface area contributed by atoms with Crippen molar-refractivity contribution in [2.24, 2.45) is 0 Å². The third-order valence-electron chi connectivity index (χ3n) is 7.63. The van der Waals surface area contributed by atoms with Crippen LogP contribution in [0.25, 0.3) is 65.7 Å². The molecule has 0 aliphatic carbocycles. The molecule has 37 heavy (non-hydrogen) atoms. The van der Waals surface area contributed by atoms with Gasteiger partial charge in [0.2, 0.25) is 0 Å². The van der Waals surface area contributed by atoms with Gasteiger partial charge in [0.1, 0.15) is 11.5 Å². The predicted molar refractivity (Wildman–Crippen MR) is 155 cm³/mol. The first-order valence-corrected chi connectivity index (χ1v) is 12.7. The lowest BCUT2D eigenvalue weighted by atomic mass is 9.90. The zero-order valence-electron chi connectivity index (χ0n) is 20.1. The first-order valence-electron chi connectivity index (χ1n) is 12.7. The molecule has 0 radical (unpaired) electrons. The molecule has 7 aromatic carbocycles. The van der Waals surface area contributed by atoms with Crippen LogP contribution < -0.4 is 4.74 Å². The van der Waals surface area contributed by atoms with E-state index in [4.69, 9.17) is 4.74 Å². The Balaban J connectivity index is 1.22. The maximum atomic E-state index is 6.21. The third-order valence-corrected chi connectivity index (χ3v) is 7.63. The van der Waals surface area contributed by atoms with Gasteiger partial charge in [0, 0.05) is 10.9 Å². The van der Waals surface area contributed by atoms with Crippen LogP contribution in [-0.2, 0) is 0 Å². The summed E-state index contributed by atoms with van der Waals surface area (Å²) < 4.78 is 6.21.